The number of carbonyl (C=O) groups is 1. The molecule has 2 aromatic rings. The van der Waals surface area contributed by atoms with Crippen molar-refractivity contribution in [3.63, 3.8) is 0 Å². The Labute approximate surface area is 154 Å². The molecular weight excluding hydrogens is 334 g/mol. The molecule has 0 bridgehead atoms. The van der Waals surface area contributed by atoms with Gasteiger partial charge in [0.25, 0.3) is 0 Å². The summed E-state index contributed by atoms with van der Waals surface area (Å²) in [5.41, 5.74) is 2.36. The fourth-order valence-electron chi connectivity index (χ4n) is 3.35. The van der Waals surface area contributed by atoms with Crippen LogP contribution in [0.15, 0.2) is 48.8 Å². The second-order valence-electron chi connectivity index (χ2n) is 6.49. The van der Waals surface area contributed by atoms with Crippen LogP contribution >= 0.6 is 11.6 Å². The van der Waals surface area contributed by atoms with Crippen LogP contribution < -0.4 is 5.32 Å². The number of rotatable bonds is 8. The van der Waals surface area contributed by atoms with Gasteiger partial charge in [0.2, 0.25) is 5.91 Å². The van der Waals surface area contributed by atoms with Crippen LogP contribution in [0.5, 0.6) is 0 Å². The van der Waals surface area contributed by atoms with Crippen molar-refractivity contribution in [2.45, 2.75) is 38.3 Å². The van der Waals surface area contributed by atoms with Crippen molar-refractivity contribution in [2.24, 2.45) is 0 Å². The Kier molecular flexibility index (Phi) is 6.42. The van der Waals surface area contributed by atoms with Crippen molar-refractivity contribution in [1.29, 1.82) is 0 Å². The molecule has 1 amide bonds. The number of carbonyl (C=O) groups excluding carboxylic acids is 1. The smallest absolute Gasteiger partial charge is 0.222 e. The van der Waals surface area contributed by atoms with Crippen molar-refractivity contribution in [1.82, 2.24) is 15.2 Å². The molecule has 1 aromatic carbocycles. The molecule has 1 aliphatic heterocycles. The first-order valence-electron chi connectivity index (χ1n) is 8.86. The molecule has 1 fully saturated rings. The molecular formula is C20H24ClN3O. The van der Waals surface area contributed by atoms with E-state index in [2.05, 4.69) is 22.4 Å². The summed E-state index contributed by atoms with van der Waals surface area (Å²) in [5.74, 6) is 0.277. The van der Waals surface area contributed by atoms with Crippen LogP contribution in [0, 0.1) is 0 Å². The minimum Gasteiger partial charge on any atom is -0.339 e. The second kappa shape index (κ2) is 8.97. The number of benzene rings is 1. The van der Waals surface area contributed by atoms with Crippen molar-refractivity contribution in [3.8, 4) is 0 Å². The van der Waals surface area contributed by atoms with Crippen molar-refractivity contribution in [2.75, 3.05) is 13.1 Å². The zero-order valence-corrected chi connectivity index (χ0v) is 15.1. The number of aromatic nitrogens is 1. The first kappa shape index (κ1) is 17.9. The lowest BCUT2D eigenvalue weighted by Crippen LogP contribution is -2.36. The summed E-state index contributed by atoms with van der Waals surface area (Å²) in [7, 11) is 0. The molecule has 1 atom stereocenters. The molecule has 4 nitrogen and oxygen atoms in total. The van der Waals surface area contributed by atoms with Crippen molar-refractivity contribution >= 4 is 17.5 Å². The number of pyridine rings is 1. The number of nitrogens with zero attached hydrogens (tertiary/aromatic N) is 2. The Morgan fingerprint density at radius 2 is 2.12 bits per heavy atom. The maximum atomic E-state index is 12.2. The number of likely N-dealkylation sites (tertiary alicyclic amines) is 1. The number of hydrogen-bond donors (Lipinski definition) is 1. The number of amides is 1. The van der Waals surface area contributed by atoms with E-state index in [0.717, 1.165) is 43.9 Å². The second-order valence-corrected chi connectivity index (χ2v) is 6.92. The highest BCUT2D eigenvalue weighted by Crippen LogP contribution is 2.22. The van der Waals surface area contributed by atoms with Gasteiger partial charge in [-0.15, -0.1) is 0 Å². The van der Waals surface area contributed by atoms with E-state index >= 15 is 0 Å². The Bertz CT molecular complexity index is 692. The molecule has 0 spiro atoms. The Hall–Kier alpha value is -1.91. The van der Waals surface area contributed by atoms with Crippen LogP contribution in [0.3, 0.4) is 0 Å². The number of hydrogen-bond acceptors (Lipinski definition) is 3. The van der Waals surface area contributed by atoms with Gasteiger partial charge in [-0.25, -0.2) is 0 Å². The lowest BCUT2D eigenvalue weighted by Gasteiger charge is -2.25. The summed E-state index contributed by atoms with van der Waals surface area (Å²) in [4.78, 5) is 18.4. The Morgan fingerprint density at radius 3 is 2.92 bits per heavy atom. The largest absolute Gasteiger partial charge is 0.339 e. The first-order valence-corrected chi connectivity index (χ1v) is 9.24. The van der Waals surface area contributed by atoms with Gasteiger partial charge >= 0.3 is 0 Å². The number of nitrogens with one attached hydrogen (secondary N) is 1. The molecule has 0 aliphatic carbocycles. The fourth-order valence-corrected chi connectivity index (χ4v) is 3.56. The summed E-state index contributed by atoms with van der Waals surface area (Å²) in [6.45, 7) is 2.49. The minimum absolute atomic E-state index is 0.277. The third kappa shape index (κ3) is 5.28. The van der Waals surface area contributed by atoms with E-state index in [1.54, 1.807) is 6.20 Å². The topological polar surface area (TPSA) is 45.2 Å². The maximum Gasteiger partial charge on any atom is 0.222 e. The zero-order chi connectivity index (χ0) is 17.5. The summed E-state index contributed by atoms with van der Waals surface area (Å²) < 4.78 is 0. The SMILES string of the molecule is O=C1CC[C@@H](CCNCc2cccnc2)N1CCc1cccc(Cl)c1. The van der Waals surface area contributed by atoms with Crippen LogP contribution in [0.2, 0.25) is 5.02 Å². The molecule has 0 saturated carbocycles. The van der Waals surface area contributed by atoms with Gasteiger partial charge in [-0.2, -0.15) is 0 Å². The molecule has 3 rings (SSSR count). The highest BCUT2D eigenvalue weighted by Gasteiger charge is 2.29. The van der Waals surface area contributed by atoms with E-state index in [0.29, 0.717) is 12.5 Å². The maximum absolute atomic E-state index is 12.2. The van der Waals surface area contributed by atoms with Gasteiger partial charge in [-0.1, -0.05) is 29.8 Å². The van der Waals surface area contributed by atoms with Crippen LogP contribution in [-0.2, 0) is 17.8 Å². The van der Waals surface area contributed by atoms with E-state index < -0.39 is 0 Å². The standard InChI is InChI=1S/C20H24ClN3O/c21-18-5-1-3-16(13-18)9-12-24-19(6-7-20(24)25)8-11-23-15-17-4-2-10-22-14-17/h1-5,10,13-14,19,23H,6-9,11-12,15H2/t19-/m0/s1. The predicted molar refractivity (Wildman–Crippen MR) is 100 cm³/mol. The average molecular weight is 358 g/mol. The molecule has 2 heterocycles. The first-order chi connectivity index (χ1) is 12.2. The quantitative estimate of drug-likeness (QED) is 0.736. The highest BCUT2D eigenvalue weighted by molar-refractivity contribution is 6.30. The lowest BCUT2D eigenvalue weighted by atomic mass is 10.1. The fraction of sp³-hybridized carbons (Fsp3) is 0.400. The van der Waals surface area contributed by atoms with Gasteiger partial charge in [-0.05, 0) is 55.1 Å². The Balaban J connectivity index is 1.44. The van der Waals surface area contributed by atoms with E-state index in [1.165, 1.54) is 11.1 Å². The van der Waals surface area contributed by atoms with Crippen LogP contribution in [0.1, 0.15) is 30.4 Å². The molecule has 1 saturated heterocycles. The van der Waals surface area contributed by atoms with Gasteiger partial charge in [0.1, 0.15) is 0 Å². The van der Waals surface area contributed by atoms with Crippen LogP contribution in [0.25, 0.3) is 0 Å². The van der Waals surface area contributed by atoms with Crippen LogP contribution in [0.4, 0.5) is 0 Å². The molecule has 1 N–H and O–H groups in total. The van der Waals surface area contributed by atoms with Gasteiger partial charge in [0, 0.05) is 43.0 Å². The third-order valence-corrected chi connectivity index (χ3v) is 4.92. The normalized spacial score (nSPS) is 17.2. The monoisotopic (exact) mass is 357 g/mol. The average Bonchev–Trinajstić information content (AvgIpc) is 2.98. The molecule has 25 heavy (non-hydrogen) atoms. The molecule has 0 radical (unpaired) electrons. The summed E-state index contributed by atoms with van der Waals surface area (Å²) in [5, 5.41) is 4.20. The third-order valence-electron chi connectivity index (χ3n) is 4.69. The van der Waals surface area contributed by atoms with E-state index in [1.807, 2.05) is 35.4 Å². The Morgan fingerprint density at radius 1 is 1.24 bits per heavy atom. The minimum atomic E-state index is 0.277. The predicted octanol–water partition coefficient (Wildman–Crippen LogP) is 3.45. The highest BCUT2D eigenvalue weighted by atomic mass is 35.5. The zero-order valence-electron chi connectivity index (χ0n) is 14.3. The molecule has 1 aromatic heterocycles. The van der Waals surface area contributed by atoms with Gasteiger partial charge in [-0.3, -0.25) is 9.78 Å². The van der Waals surface area contributed by atoms with E-state index in [-0.39, 0.29) is 5.91 Å². The van der Waals surface area contributed by atoms with Crippen molar-refractivity contribution in [3.05, 3.63) is 64.9 Å². The number of halogens is 1. The summed E-state index contributed by atoms with van der Waals surface area (Å²) >= 11 is 6.04. The lowest BCUT2D eigenvalue weighted by molar-refractivity contribution is -0.129. The van der Waals surface area contributed by atoms with E-state index in [9.17, 15) is 4.79 Å². The molecule has 0 unspecified atom stereocenters. The van der Waals surface area contributed by atoms with Gasteiger partial charge in [0.05, 0.1) is 0 Å². The van der Waals surface area contributed by atoms with Crippen molar-refractivity contribution < 1.29 is 4.79 Å². The molecule has 1 aliphatic rings. The van der Waals surface area contributed by atoms with Gasteiger partial charge < -0.3 is 10.2 Å². The summed E-state index contributed by atoms with van der Waals surface area (Å²) in [6, 6.07) is 12.2. The van der Waals surface area contributed by atoms with Gasteiger partial charge in [0.15, 0.2) is 0 Å². The summed E-state index contributed by atoms with van der Waals surface area (Å²) in [6.07, 6.45) is 7.13. The molecule has 5 heteroatoms. The van der Waals surface area contributed by atoms with Crippen LogP contribution in [-0.4, -0.2) is 34.9 Å². The molecule has 132 valence electrons. The van der Waals surface area contributed by atoms with E-state index in [4.69, 9.17) is 11.6 Å².